The number of fused-ring (bicyclic) bond motifs is 1. The van der Waals surface area contributed by atoms with Crippen molar-refractivity contribution >= 4 is 33.5 Å². The first-order valence-electron chi connectivity index (χ1n) is 9.70. The summed E-state index contributed by atoms with van der Waals surface area (Å²) in [6, 6.07) is 23.8. The first-order valence-corrected chi connectivity index (χ1v) is 10.5. The summed E-state index contributed by atoms with van der Waals surface area (Å²) in [6.07, 6.45) is 0. The van der Waals surface area contributed by atoms with Gasteiger partial charge in [-0.25, -0.2) is 4.79 Å². The lowest BCUT2D eigenvalue weighted by molar-refractivity contribution is -0.147. The predicted molar refractivity (Wildman–Crippen MR) is 121 cm³/mol. The number of hydrogen-bond acceptors (Lipinski definition) is 4. The van der Waals surface area contributed by atoms with E-state index in [1.165, 1.54) is 4.90 Å². The maximum atomic E-state index is 13.4. The van der Waals surface area contributed by atoms with E-state index in [-0.39, 0.29) is 18.7 Å². The molecule has 0 unspecified atom stereocenters. The van der Waals surface area contributed by atoms with Crippen LogP contribution in [0.25, 0.3) is 0 Å². The summed E-state index contributed by atoms with van der Waals surface area (Å²) >= 11 is 3.38. The van der Waals surface area contributed by atoms with E-state index in [0.29, 0.717) is 15.7 Å². The number of nitrogens with zero attached hydrogens (tertiary/aromatic N) is 1. The molecule has 6 heteroatoms. The van der Waals surface area contributed by atoms with E-state index in [1.807, 2.05) is 60.7 Å². The molecule has 0 saturated heterocycles. The Morgan fingerprint density at radius 2 is 1.61 bits per heavy atom. The van der Waals surface area contributed by atoms with Crippen LogP contribution in [0.15, 0.2) is 95.5 Å². The highest BCUT2D eigenvalue weighted by Crippen LogP contribution is 2.46. The Labute approximate surface area is 188 Å². The smallest absolute Gasteiger partial charge is 0.337 e. The van der Waals surface area contributed by atoms with Crippen LogP contribution in [-0.4, -0.2) is 17.0 Å². The van der Waals surface area contributed by atoms with Crippen molar-refractivity contribution in [3.8, 4) is 0 Å². The van der Waals surface area contributed by atoms with E-state index in [0.717, 1.165) is 11.1 Å². The number of rotatable bonds is 6. The molecular weight excluding hydrogens is 458 g/mol. The third-order valence-corrected chi connectivity index (χ3v) is 5.77. The van der Waals surface area contributed by atoms with Gasteiger partial charge in [0.1, 0.15) is 6.61 Å². The second-order valence-corrected chi connectivity index (χ2v) is 8.20. The number of amides is 1. The van der Waals surface area contributed by atoms with Gasteiger partial charge in [-0.15, -0.1) is 0 Å². The van der Waals surface area contributed by atoms with Gasteiger partial charge in [0, 0.05) is 10.0 Å². The third kappa shape index (κ3) is 3.92. The van der Waals surface area contributed by atoms with Crippen molar-refractivity contribution in [1.29, 1.82) is 0 Å². The molecule has 1 amide bonds. The number of carbonyl (C=O) groups is 2. The zero-order valence-electron chi connectivity index (χ0n) is 16.6. The van der Waals surface area contributed by atoms with Crippen molar-refractivity contribution in [2.45, 2.75) is 18.8 Å². The quantitative estimate of drug-likeness (QED) is 0.419. The molecule has 0 spiro atoms. The number of hydrogen-bond donors (Lipinski definition) is 1. The van der Waals surface area contributed by atoms with Gasteiger partial charge in [-0.2, -0.15) is 0 Å². The highest BCUT2D eigenvalue weighted by atomic mass is 79.9. The van der Waals surface area contributed by atoms with E-state index in [1.54, 1.807) is 18.2 Å². The fraction of sp³-hybridized carbons (Fsp3) is 0.120. The summed E-state index contributed by atoms with van der Waals surface area (Å²) in [5.41, 5.74) is -0.0142. The highest BCUT2D eigenvalue weighted by Gasteiger charge is 2.54. The molecule has 1 aliphatic rings. The minimum absolute atomic E-state index is 0.0159. The molecule has 3 aromatic rings. The van der Waals surface area contributed by atoms with E-state index in [4.69, 9.17) is 4.74 Å². The Bertz CT molecular complexity index is 1150. The minimum atomic E-state index is -2.21. The van der Waals surface area contributed by atoms with Crippen LogP contribution in [0.4, 0.5) is 5.69 Å². The molecule has 0 aliphatic carbocycles. The summed E-state index contributed by atoms with van der Waals surface area (Å²) in [5, 5.41) is 11.5. The molecule has 0 bridgehead atoms. The average Bonchev–Trinajstić information content (AvgIpc) is 3.00. The van der Waals surface area contributed by atoms with Crippen LogP contribution in [0.5, 0.6) is 0 Å². The number of benzene rings is 3. The molecule has 31 heavy (non-hydrogen) atoms. The average molecular weight is 478 g/mol. The molecule has 4 rings (SSSR count). The molecule has 0 radical (unpaired) electrons. The van der Waals surface area contributed by atoms with Gasteiger partial charge in [0.25, 0.3) is 5.91 Å². The second-order valence-electron chi connectivity index (χ2n) is 7.29. The van der Waals surface area contributed by atoms with Crippen molar-refractivity contribution < 1.29 is 19.4 Å². The van der Waals surface area contributed by atoms with Gasteiger partial charge >= 0.3 is 5.97 Å². The number of esters is 1. The van der Waals surface area contributed by atoms with Gasteiger partial charge in [0.05, 0.1) is 17.8 Å². The Hall–Kier alpha value is -3.22. The molecule has 0 fully saturated rings. The van der Waals surface area contributed by atoms with Crippen molar-refractivity contribution in [3.05, 3.63) is 112 Å². The zero-order valence-corrected chi connectivity index (χ0v) is 18.2. The lowest BCUT2D eigenvalue weighted by Gasteiger charge is -2.24. The molecule has 1 atom stereocenters. The summed E-state index contributed by atoms with van der Waals surface area (Å²) < 4.78 is 6.00. The lowest BCUT2D eigenvalue weighted by atomic mass is 9.88. The maximum Gasteiger partial charge on any atom is 0.337 e. The number of ether oxygens (including phenoxy) is 1. The van der Waals surface area contributed by atoms with E-state index < -0.39 is 17.5 Å². The highest BCUT2D eigenvalue weighted by molar-refractivity contribution is 9.10. The van der Waals surface area contributed by atoms with Gasteiger partial charge in [-0.1, -0.05) is 83.2 Å². The van der Waals surface area contributed by atoms with Crippen LogP contribution in [0.3, 0.4) is 0 Å². The first kappa shape index (κ1) is 21.0. The molecule has 1 aliphatic heterocycles. The van der Waals surface area contributed by atoms with Crippen molar-refractivity contribution in [2.24, 2.45) is 0 Å². The van der Waals surface area contributed by atoms with Gasteiger partial charge in [0.15, 0.2) is 0 Å². The Morgan fingerprint density at radius 1 is 1.00 bits per heavy atom. The van der Waals surface area contributed by atoms with Crippen LogP contribution in [0.2, 0.25) is 0 Å². The molecule has 156 valence electrons. The van der Waals surface area contributed by atoms with Crippen LogP contribution in [0.1, 0.15) is 16.7 Å². The Balaban J connectivity index is 1.64. The van der Waals surface area contributed by atoms with E-state index >= 15 is 0 Å². The molecular formula is C25H20BrNO4. The van der Waals surface area contributed by atoms with Crippen LogP contribution < -0.4 is 4.90 Å². The molecule has 1 heterocycles. The molecule has 0 aromatic heterocycles. The summed E-state index contributed by atoms with van der Waals surface area (Å²) in [6.45, 7) is 4.02. The minimum Gasteiger partial charge on any atom is -0.457 e. The van der Waals surface area contributed by atoms with Gasteiger partial charge in [-0.3, -0.25) is 4.79 Å². The van der Waals surface area contributed by atoms with Gasteiger partial charge in [-0.05, 0) is 29.3 Å². The third-order valence-electron chi connectivity index (χ3n) is 5.27. The summed E-state index contributed by atoms with van der Waals surface area (Å²) in [5.74, 6) is -1.46. The number of anilines is 1. The fourth-order valence-electron chi connectivity index (χ4n) is 3.63. The number of aliphatic hydroxyl groups is 1. The van der Waals surface area contributed by atoms with Crippen LogP contribution in [-0.2, 0) is 33.1 Å². The van der Waals surface area contributed by atoms with E-state index in [2.05, 4.69) is 22.5 Å². The molecule has 5 nitrogen and oxygen atoms in total. The summed E-state index contributed by atoms with van der Waals surface area (Å²) in [4.78, 5) is 27.6. The monoisotopic (exact) mass is 477 g/mol. The SMILES string of the molecule is C=C(C(=O)OCc1ccccc1)[C@@]1(O)C(=O)N(Cc2ccccc2)c2ccc(Br)cc21. The molecule has 1 N–H and O–H groups in total. The topological polar surface area (TPSA) is 66.8 Å². The van der Waals surface area contributed by atoms with Crippen LogP contribution in [0, 0.1) is 0 Å². The fourth-order valence-corrected chi connectivity index (χ4v) is 3.99. The number of halogens is 1. The van der Waals surface area contributed by atoms with Crippen molar-refractivity contribution in [2.75, 3.05) is 4.90 Å². The van der Waals surface area contributed by atoms with Gasteiger partial charge < -0.3 is 14.7 Å². The molecule has 0 saturated carbocycles. The van der Waals surface area contributed by atoms with Crippen LogP contribution >= 0.6 is 15.9 Å². The summed E-state index contributed by atoms with van der Waals surface area (Å²) in [7, 11) is 0. The van der Waals surface area contributed by atoms with Crippen molar-refractivity contribution in [1.82, 2.24) is 0 Å². The molecule has 3 aromatic carbocycles. The second kappa shape index (κ2) is 8.49. The van der Waals surface area contributed by atoms with E-state index in [9.17, 15) is 14.7 Å². The largest absolute Gasteiger partial charge is 0.457 e. The Morgan fingerprint density at radius 3 is 2.26 bits per heavy atom. The van der Waals surface area contributed by atoms with Crippen molar-refractivity contribution in [3.63, 3.8) is 0 Å². The first-order chi connectivity index (χ1) is 14.9. The lowest BCUT2D eigenvalue weighted by Crippen LogP contribution is -2.43. The zero-order chi connectivity index (χ0) is 22.0. The normalized spacial score (nSPS) is 17.4. The predicted octanol–water partition coefficient (Wildman–Crippen LogP) is 4.48. The van der Waals surface area contributed by atoms with Gasteiger partial charge in [0.2, 0.25) is 5.60 Å². The number of carbonyl (C=O) groups excluding carboxylic acids is 2. The Kier molecular flexibility index (Phi) is 5.76. The maximum absolute atomic E-state index is 13.4. The standard InChI is InChI=1S/C25H20BrNO4/c1-17(23(28)31-16-19-10-6-3-7-11-19)25(30)21-14-20(26)12-13-22(21)27(24(25)29)15-18-8-4-2-5-9-18/h2-14,30H,1,15-16H2/t25-/m0/s1.